The summed E-state index contributed by atoms with van der Waals surface area (Å²) in [6, 6.07) is 13.8. The highest BCUT2D eigenvalue weighted by Crippen LogP contribution is 2.28. The molecule has 26 heavy (non-hydrogen) atoms. The third kappa shape index (κ3) is 4.04. The lowest BCUT2D eigenvalue weighted by Gasteiger charge is -2.22. The van der Waals surface area contributed by atoms with Gasteiger partial charge in [-0.1, -0.05) is 18.2 Å². The second-order valence-electron chi connectivity index (χ2n) is 5.97. The van der Waals surface area contributed by atoms with E-state index in [0.717, 1.165) is 15.2 Å². The van der Waals surface area contributed by atoms with E-state index in [-0.39, 0.29) is 24.2 Å². The molecule has 1 aromatic heterocycles. The largest absolute Gasteiger partial charge is 0.325 e. The number of aromatic nitrogens is 1. The van der Waals surface area contributed by atoms with E-state index >= 15 is 0 Å². The number of nitrogens with one attached hydrogen (secondary N) is 1. The minimum absolute atomic E-state index is 0.0248. The van der Waals surface area contributed by atoms with Gasteiger partial charge in [-0.15, -0.1) is 11.3 Å². The lowest BCUT2D eigenvalue weighted by Crippen LogP contribution is -2.32. The Morgan fingerprint density at radius 2 is 2.08 bits per heavy atom. The summed E-state index contributed by atoms with van der Waals surface area (Å²) >= 11 is 1.61. The van der Waals surface area contributed by atoms with Crippen LogP contribution in [-0.2, 0) is 4.79 Å². The highest BCUT2D eigenvalue weighted by Gasteiger charge is 2.19. The lowest BCUT2D eigenvalue weighted by atomic mass is 10.2. The topological polar surface area (TPSA) is 88.4 Å². The number of benzene rings is 2. The van der Waals surface area contributed by atoms with E-state index in [1.807, 2.05) is 43.1 Å². The molecule has 0 radical (unpaired) electrons. The number of rotatable bonds is 6. The highest BCUT2D eigenvalue weighted by atomic mass is 32.1. The van der Waals surface area contributed by atoms with Crippen LogP contribution in [0, 0.1) is 10.1 Å². The molecule has 8 heteroatoms. The molecule has 0 saturated heterocycles. The van der Waals surface area contributed by atoms with Crippen molar-refractivity contribution in [1.29, 1.82) is 0 Å². The Kier molecular flexibility index (Phi) is 5.24. The number of hydrogen-bond acceptors (Lipinski definition) is 6. The van der Waals surface area contributed by atoms with Crippen LogP contribution in [0.1, 0.15) is 18.0 Å². The molecule has 0 fully saturated rings. The fraction of sp³-hybridized carbons (Fsp3) is 0.222. The average Bonchev–Trinajstić information content (AvgIpc) is 3.05. The smallest absolute Gasteiger partial charge is 0.271 e. The summed E-state index contributed by atoms with van der Waals surface area (Å²) in [5.41, 5.74) is 1.30. The Bertz CT molecular complexity index is 923. The van der Waals surface area contributed by atoms with Gasteiger partial charge in [-0.05, 0) is 32.2 Å². The van der Waals surface area contributed by atoms with E-state index in [1.54, 1.807) is 23.5 Å². The third-order valence-corrected chi connectivity index (χ3v) is 5.27. The molecule has 0 unspecified atom stereocenters. The number of thiazole rings is 1. The van der Waals surface area contributed by atoms with Crippen LogP contribution < -0.4 is 5.32 Å². The first-order chi connectivity index (χ1) is 12.4. The zero-order valence-corrected chi connectivity index (χ0v) is 15.2. The standard InChI is InChI=1S/C18H18N4O3S/c1-12(18-20-15-8-3-4-9-16(15)26-18)21(2)11-17(23)19-13-6-5-7-14(10-13)22(24)25/h3-10,12H,11H2,1-2H3,(H,19,23)/t12-/m1/s1. The van der Waals surface area contributed by atoms with Crippen LogP contribution in [0.5, 0.6) is 0 Å². The zero-order valence-electron chi connectivity index (χ0n) is 14.4. The molecule has 7 nitrogen and oxygen atoms in total. The van der Waals surface area contributed by atoms with Gasteiger partial charge in [0.2, 0.25) is 5.91 Å². The maximum absolute atomic E-state index is 12.3. The molecule has 0 bridgehead atoms. The van der Waals surface area contributed by atoms with Crippen LogP contribution in [0.4, 0.5) is 11.4 Å². The van der Waals surface area contributed by atoms with Crippen LogP contribution in [0.25, 0.3) is 10.2 Å². The number of nitro benzene ring substituents is 1. The van der Waals surface area contributed by atoms with Gasteiger partial charge in [-0.3, -0.25) is 19.8 Å². The van der Waals surface area contributed by atoms with Crippen molar-refractivity contribution in [2.24, 2.45) is 0 Å². The van der Waals surface area contributed by atoms with Crippen molar-refractivity contribution in [2.75, 3.05) is 18.9 Å². The maximum atomic E-state index is 12.3. The summed E-state index contributed by atoms with van der Waals surface area (Å²) in [5.74, 6) is -0.235. The lowest BCUT2D eigenvalue weighted by molar-refractivity contribution is -0.384. The van der Waals surface area contributed by atoms with Crippen LogP contribution in [0.3, 0.4) is 0 Å². The number of carbonyl (C=O) groups is 1. The average molecular weight is 370 g/mol. The molecule has 1 amide bonds. The Morgan fingerprint density at radius 3 is 2.81 bits per heavy atom. The molecule has 0 spiro atoms. The Morgan fingerprint density at radius 1 is 1.31 bits per heavy atom. The van der Waals surface area contributed by atoms with E-state index in [1.165, 1.54) is 12.1 Å². The number of hydrogen-bond donors (Lipinski definition) is 1. The number of nitro groups is 1. The summed E-state index contributed by atoms with van der Waals surface area (Å²) in [6.45, 7) is 2.15. The Hall–Kier alpha value is -2.84. The molecule has 1 heterocycles. The van der Waals surface area contributed by atoms with E-state index in [2.05, 4.69) is 10.3 Å². The predicted molar refractivity (Wildman–Crippen MR) is 102 cm³/mol. The quantitative estimate of drug-likeness (QED) is 0.526. The van der Waals surface area contributed by atoms with Crippen LogP contribution >= 0.6 is 11.3 Å². The molecule has 1 atom stereocenters. The van der Waals surface area contributed by atoms with Gasteiger partial charge >= 0.3 is 0 Å². The second-order valence-corrected chi connectivity index (χ2v) is 7.03. The number of fused-ring (bicyclic) bond motifs is 1. The molecule has 0 aliphatic rings. The number of non-ortho nitro benzene ring substituents is 1. The molecular formula is C18H18N4O3S. The summed E-state index contributed by atoms with van der Waals surface area (Å²) in [7, 11) is 1.85. The van der Waals surface area contributed by atoms with Crippen molar-refractivity contribution < 1.29 is 9.72 Å². The van der Waals surface area contributed by atoms with Crippen molar-refractivity contribution in [2.45, 2.75) is 13.0 Å². The Labute approximate surface area is 154 Å². The Balaban J connectivity index is 1.64. The molecule has 0 aliphatic carbocycles. The summed E-state index contributed by atoms with van der Waals surface area (Å²) in [4.78, 5) is 29.1. The van der Waals surface area contributed by atoms with E-state index in [9.17, 15) is 14.9 Å². The fourth-order valence-corrected chi connectivity index (χ4v) is 3.60. The maximum Gasteiger partial charge on any atom is 0.271 e. The second kappa shape index (κ2) is 7.59. The van der Waals surface area contributed by atoms with Crippen molar-refractivity contribution >= 4 is 38.8 Å². The summed E-state index contributed by atoms with van der Waals surface area (Å²) < 4.78 is 1.11. The van der Waals surface area contributed by atoms with Gasteiger partial charge in [0.25, 0.3) is 5.69 Å². The zero-order chi connectivity index (χ0) is 18.7. The van der Waals surface area contributed by atoms with Crippen LogP contribution in [0.2, 0.25) is 0 Å². The van der Waals surface area contributed by atoms with Crippen molar-refractivity contribution in [3.63, 3.8) is 0 Å². The van der Waals surface area contributed by atoms with Gasteiger partial charge in [0.05, 0.1) is 27.7 Å². The summed E-state index contributed by atoms with van der Waals surface area (Å²) in [6.07, 6.45) is 0. The van der Waals surface area contributed by atoms with Gasteiger partial charge in [0.1, 0.15) is 5.01 Å². The minimum atomic E-state index is -0.489. The number of para-hydroxylation sites is 1. The van der Waals surface area contributed by atoms with Gasteiger partial charge in [-0.25, -0.2) is 4.98 Å². The highest BCUT2D eigenvalue weighted by molar-refractivity contribution is 7.18. The number of nitrogens with zero attached hydrogens (tertiary/aromatic N) is 3. The van der Waals surface area contributed by atoms with Gasteiger partial charge in [-0.2, -0.15) is 0 Å². The van der Waals surface area contributed by atoms with Crippen molar-refractivity contribution in [3.05, 3.63) is 63.7 Å². The van der Waals surface area contributed by atoms with Gasteiger partial charge < -0.3 is 5.32 Å². The molecule has 3 aromatic rings. The molecule has 3 rings (SSSR count). The number of likely N-dealkylation sites (N-methyl/N-ethyl adjacent to an activating group) is 1. The van der Waals surface area contributed by atoms with Crippen LogP contribution in [0.15, 0.2) is 48.5 Å². The van der Waals surface area contributed by atoms with Crippen molar-refractivity contribution in [3.8, 4) is 0 Å². The molecule has 0 saturated carbocycles. The monoisotopic (exact) mass is 370 g/mol. The van der Waals surface area contributed by atoms with E-state index in [0.29, 0.717) is 5.69 Å². The molecule has 0 aliphatic heterocycles. The first kappa shape index (κ1) is 18.0. The third-order valence-electron chi connectivity index (χ3n) is 4.06. The van der Waals surface area contributed by atoms with E-state index < -0.39 is 4.92 Å². The molecule has 1 N–H and O–H groups in total. The summed E-state index contributed by atoms with van der Waals surface area (Å²) in [5, 5.41) is 14.5. The SMILES string of the molecule is C[C@H](c1nc2ccccc2s1)N(C)CC(=O)Nc1cccc([N+](=O)[O-])c1. The van der Waals surface area contributed by atoms with Gasteiger partial charge in [0.15, 0.2) is 0 Å². The minimum Gasteiger partial charge on any atom is -0.325 e. The van der Waals surface area contributed by atoms with Gasteiger partial charge in [0, 0.05) is 17.8 Å². The predicted octanol–water partition coefficient (Wildman–Crippen LogP) is 3.84. The molecule has 134 valence electrons. The van der Waals surface area contributed by atoms with Crippen molar-refractivity contribution in [1.82, 2.24) is 9.88 Å². The molecule has 2 aromatic carbocycles. The fourth-order valence-electron chi connectivity index (χ4n) is 2.52. The van der Waals surface area contributed by atoms with E-state index in [4.69, 9.17) is 0 Å². The molecular weight excluding hydrogens is 352 g/mol. The van der Waals surface area contributed by atoms with Crippen LogP contribution in [-0.4, -0.2) is 34.3 Å². The normalized spacial score (nSPS) is 12.3. The number of amides is 1. The first-order valence-corrected chi connectivity index (χ1v) is 8.85. The first-order valence-electron chi connectivity index (χ1n) is 8.04. The number of carbonyl (C=O) groups excluding carboxylic acids is 1. The number of anilines is 1.